The first kappa shape index (κ1) is 6.26. The summed E-state index contributed by atoms with van der Waals surface area (Å²) in [6, 6.07) is 0. The van der Waals surface area contributed by atoms with Crippen LogP contribution >= 0.6 is 0 Å². The van der Waals surface area contributed by atoms with E-state index in [9.17, 15) is 0 Å². The number of ether oxygens (including phenoxy) is 1. The van der Waals surface area contributed by atoms with Gasteiger partial charge in [0.15, 0.2) is 9.76 Å². The van der Waals surface area contributed by atoms with E-state index in [1.807, 2.05) is 0 Å². The number of hydrogen-bond donors (Lipinski definition) is 0. The van der Waals surface area contributed by atoms with Crippen molar-refractivity contribution in [3.8, 4) is 0 Å². The molecule has 1 unspecified atom stereocenters. The summed E-state index contributed by atoms with van der Waals surface area (Å²) in [6.45, 7) is 0.959. The van der Waals surface area contributed by atoms with Crippen LogP contribution in [0.1, 0.15) is 12.8 Å². The first-order chi connectivity index (χ1) is 3.93. The third-order valence-corrected chi connectivity index (χ3v) is 2.73. The normalized spacial score (nSPS) is 30.4. The highest BCUT2D eigenvalue weighted by atomic mass is 28.2. The van der Waals surface area contributed by atoms with Gasteiger partial charge in [0, 0.05) is 13.7 Å². The van der Waals surface area contributed by atoms with Gasteiger partial charge in [-0.25, -0.2) is 0 Å². The number of rotatable bonds is 2. The maximum Gasteiger partial charge on any atom is 0.189 e. The first-order valence-electron chi connectivity index (χ1n) is 3.04. The van der Waals surface area contributed by atoms with Crippen LogP contribution in [0.4, 0.5) is 0 Å². The SMILES string of the molecule is CO[SiH2]C1CCCO1. The van der Waals surface area contributed by atoms with E-state index < -0.39 is 0 Å². The lowest BCUT2D eigenvalue weighted by atomic mass is 10.4. The molecule has 0 amide bonds. The van der Waals surface area contributed by atoms with E-state index in [0.29, 0.717) is 5.73 Å². The Morgan fingerprint density at radius 3 is 3.12 bits per heavy atom. The molecule has 0 aromatic rings. The fraction of sp³-hybridized carbons (Fsp3) is 1.00. The summed E-state index contributed by atoms with van der Waals surface area (Å²) < 4.78 is 10.4. The van der Waals surface area contributed by atoms with Crippen LogP contribution in [-0.4, -0.2) is 29.2 Å². The summed E-state index contributed by atoms with van der Waals surface area (Å²) in [7, 11) is 1.45. The van der Waals surface area contributed by atoms with Crippen LogP contribution in [0.2, 0.25) is 0 Å². The Hall–Kier alpha value is 0.137. The molecule has 0 aromatic heterocycles. The van der Waals surface area contributed by atoms with E-state index >= 15 is 0 Å². The molecule has 0 saturated carbocycles. The molecule has 1 fully saturated rings. The van der Waals surface area contributed by atoms with Crippen LogP contribution in [-0.2, 0) is 9.16 Å². The molecule has 0 aliphatic carbocycles. The topological polar surface area (TPSA) is 18.5 Å². The lowest BCUT2D eigenvalue weighted by Gasteiger charge is -2.03. The van der Waals surface area contributed by atoms with Crippen LogP contribution in [0.25, 0.3) is 0 Å². The molecule has 3 heteroatoms. The molecule has 1 aliphatic heterocycles. The van der Waals surface area contributed by atoms with E-state index in [1.54, 1.807) is 7.11 Å². The molecule has 1 atom stereocenters. The summed E-state index contributed by atoms with van der Waals surface area (Å²) in [4.78, 5) is 0. The van der Waals surface area contributed by atoms with Crippen molar-refractivity contribution in [2.24, 2.45) is 0 Å². The molecule has 1 heterocycles. The van der Waals surface area contributed by atoms with Gasteiger partial charge in [-0.3, -0.25) is 0 Å². The fourth-order valence-corrected chi connectivity index (χ4v) is 2.05. The molecule has 0 bridgehead atoms. The quantitative estimate of drug-likeness (QED) is 0.487. The minimum Gasteiger partial charge on any atom is -0.424 e. The highest BCUT2D eigenvalue weighted by molar-refractivity contribution is 6.29. The molecule has 0 N–H and O–H groups in total. The number of hydrogen-bond acceptors (Lipinski definition) is 2. The summed E-state index contributed by atoms with van der Waals surface area (Å²) in [6.07, 6.45) is 2.47. The zero-order valence-electron chi connectivity index (χ0n) is 5.22. The highest BCUT2D eigenvalue weighted by Gasteiger charge is 2.14. The van der Waals surface area contributed by atoms with E-state index in [-0.39, 0.29) is 9.76 Å². The van der Waals surface area contributed by atoms with Crippen molar-refractivity contribution < 1.29 is 9.16 Å². The second-order valence-electron chi connectivity index (χ2n) is 2.09. The molecule has 48 valence electrons. The molecule has 0 aromatic carbocycles. The van der Waals surface area contributed by atoms with Gasteiger partial charge in [0.05, 0.1) is 5.73 Å². The van der Waals surface area contributed by atoms with E-state index in [4.69, 9.17) is 9.16 Å². The van der Waals surface area contributed by atoms with E-state index in [1.165, 1.54) is 12.8 Å². The average molecular weight is 132 g/mol. The van der Waals surface area contributed by atoms with Gasteiger partial charge in [-0.1, -0.05) is 0 Å². The van der Waals surface area contributed by atoms with Gasteiger partial charge in [-0.2, -0.15) is 0 Å². The molecule has 2 nitrogen and oxygen atoms in total. The van der Waals surface area contributed by atoms with Gasteiger partial charge in [-0.15, -0.1) is 0 Å². The lowest BCUT2D eigenvalue weighted by Crippen LogP contribution is -2.16. The Morgan fingerprint density at radius 2 is 2.62 bits per heavy atom. The molecule has 1 rings (SSSR count). The van der Waals surface area contributed by atoms with E-state index in [2.05, 4.69) is 0 Å². The fourth-order valence-electron chi connectivity index (χ4n) is 0.962. The molecule has 0 spiro atoms. The molecule has 1 aliphatic rings. The van der Waals surface area contributed by atoms with Crippen molar-refractivity contribution in [3.63, 3.8) is 0 Å². The summed E-state index contributed by atoms with van der Waals surface area (Å²) >= 11 is 0. The van der Waals surface area contributed by atoms with E-state index in [0.717, 1.165) is 6.61 Å². The first-order valence-corrected chi connectivity index (χ1v) is 4.43. The van der Waals surface area contributed by atoms with Crippen molar-refractivity contribution in [2.75, 3.05) is 13.7 Å². The Kier molecular flexibility index (Phi) is 2.52. The Labute approximate surface area is 52.1 Å². The molecule has 0 radical (unpaired) electrons. The van der Waals surface area contributed by atoms with Crippen molar-refractivity contribution in [1.29, 1.82) is 0 Å². The largest absolute Gasteiger partial charge is 0.424 e. The summed E-state index contributed by atoms with van der Waals surface area (Å²) in [5.41, 5.74) is 0.528. The van der Waals surface area contributed by atoms with Gasteiger partial charge in [0.25, 0.3) is 0 Å². The van der Waals surface area contributed by atoms with Crippen molar-refractivity contribution in [2.45, 2.75) is 18.6 Å². The third kappa shape index (κ3) is 1.58. The Balaban J connectivity index is 2.06. The highest BCUT2D eigenvalue weighted by Crippen LogP contribution is 2.09. The smallest absolute Gasteiger partial charge is 0.189 e. The zero-order valence-corrected chi connectivity index (χ0v) is 6.64. The van der Waals surface area contributed by atoms with Gasteiger partial charge < -0.3 is 9.16 Å². The van der Waals surface area contributed by atoms with Crippen LogP contribution in [0.5, 0.6) is 0 Å². The monoisotopic (exact) mass is 132 g/mol. The third-order valence-electron chi connectivity index (χ3n) is 1.38. The second-order valence-corrected chi connectivity index (χ2v) is 3.91. The predicted molar refractivity (Wildman–Crippen MR) is 34.5 cm³/mol. The molecule has 8 heavy (non-hydrogen) atoms. The van der Waals surface area contributed by atoms with Crippen LogP contribution in [0.15, 0.2) is 0 Å². The molecular weight excluding hydrogens is 120 g/mol. The minimum atomic E-state index is -0.324. The van der Waals surface area contributed by atoms with Crippen LogP contribution in [0.3, 0.4) is 0 Å². The standard InChI is InChI=1S/C5H12O2Si/c1-6-8-5-3-2-4-7-5/h5H,2-4,8H2,1H3. The molecular formula is C5H12O2Si. The predicted octanol–water partition coefficient (Wildman–Crippen LogP) is -0.147. The van der Waals surface area contributed by atoms with Gasteiger partial charge in [-0.05, 0) is 12.8 Å². The second kappa shape index (κ2) is 3.22. The maximum absolute atomic E-state index is 5.33. The minimum absolute atomic E-state index is 0.324. The maximum atomic E-state index is 5.33. The lowest BCUT2D eigenvalue weighted by molar-refractivity contribution is 0.154. The van der Waals surface area contributed by atoms with Crippen molar-refractivity contribution >= 4 is 9.76 Å². The van der Waals surface area contributed by atoms with Gasteiger partial charge in [0.2, 0.25) is 0 Å². The van der Waals surface area contributed by atoms with Gasteiger partial charge in [0.1, 0.15) is 0 Å². The zero-order chi connectivity index (χ0) is 5.82. The van der Waals surface area contributed by atoms with Crippen LogP contribution in [0, 0.1) is 0 Å². The van der Waals surface area contributed by atoms with Crippen molar-refractivity contribution in [3.05, 3.63) is 0 Å². The molecule has 1 saturated heterocycles. The summed E-state index contributed by atoms with van der Waals surface area (Å²) in [5, 5.41) is 0. The van der Waals surface area contributed by atoms with Crippen molar-refractivity contribution in [1.82, 2.24) is 0 Å². The van der Waals surface area contributed by atoms with Crippen LogP contribution < -0.4 is 0 Å². The van der Waals surface area contributed by atoms with Gasteiger partial charge >= 0.3 is 0 Å². The Morgan fingerprint density at radius 1 is 1.75 bits per heavy atom. The summed E-state index contributed by atoms with van der Waals surface area (Å²) in [5.74, 6) is 0. The Bertz CT molecular complexity index is 61.4. The average Bonchev–Trinajstić information content (AvgIpc) is 2.19.